The van der Waals surface area contributed by atoms with Crippen molar-refractivity contribution in [2.75, 3.05) is 18.5 Å². The number of urea groups is 1. The monoisotopic (exact) mass is 619 g/mol. The molecule has 0 saturated carbocycles. The minimum Gasteiger partial charge on any atom is -0.542 e. The molecule has 1 saturated heterocycles. The maximum absolute atomic E-state index is 13.1. The van der Waals surface area contributed by atoms with Gasteiger partial charge < -0.3 is 30.2 Å². The van der Waals surface area contributed by atoms with E-state index in [1.165, 1.54) is 16.0 Å². The van der Waals surface area contributed by atoms with E-state index in [4.69, 9.17) is 14.6 Å². The van der Waals surface area contributed by atoms with E-state index in [2.05, 4.69) is 16.7 Å². The number of amides is 2. The number of hydrogen-bond donors (Lipinski definition) is 3. The molecule has 1 fully saturated rings. The van der Waals surface area contributed by atoms with Gasteiger partial charge in [-0.2, -0.15) is 13.2 Å². The average Bonchev–Trinajstić information content (AvgIpc) is 3.63. The molecule has 3 atom stereocenters. The highest BCUT2D eigenvalue weighted by Gasteiger charge is 2.32. The molecule has 9 nitrogen and oxygen atoms in total. The number of rotatable bonds is 7. The molecule has 13 heteroatoms. The van der Waals surface area contributed by atoms with Gasteiger partial charge in [-0.15, -0.1) is 0 Å². The zero-order valence-corrected chi connectivity index (χ0v) is 24.1. The van der Waals surface area contributed by atoms with Gasteiger partial charge in [0.05, 0.1) is 29.9 Å². The Bertz CT molecular complexity index is 1530. The number of carboxylic acids is 1. The van der Waals surface area contributed by atoms with Crippen molar-refractivity contribution < 1.29 is 45.9 Å². The van der Waals surface area contributed by atoms with E-state index >= 15 is 0 Å². The van der Waals surface area contributed by atoms with Gasteiger partial charge in [0.15, 0.2) is 9.84 Å². The first-order valence-corrected chi connectivity index (χ1v) is 15.2. The first-order chi connectivity index (χ1) is 20.3. The minimum atomic E-state index is -5.19. The van der Waals surface area contributed by atoms with Crippen molar-refractivity contribution in [2.45, 2.75) is 55.3 Å². The fourth-order valence-electron chi connectivity index (χ4n) is 5.04. The van der Waals surface area contributed by atoms with Gasteiger partial charge >= 0.3 is 12.2 Å². The van der Waals surface area contributed by atoms with Crippen molar-refractivity contribution in [3.63, 3.8) is 0 Å². The van der Waals surface area contributed by atoms with E-state index in [1.807, 2.05) is 49.4 Å². The molecule has 230 valence electrons. The molecular weight excluding hydrogens is 587 g/mol. The van der Waals surface area contributed by atoms with E-state index in [0.29, 0.717) is 11.7 Å². The standard InChI is InChI=1S/C28H31N3O4S.C2HF3O2/c1-20(22-5-3-2-4-6-22)29-28(32)30-25-9-11-27(12-10-25)36(33,34)19-21-7-8-23-16-31(17-24(23)15-21)26-13-14-35-18-26;3-2(4,5)1(6)7/h2-12,15,20,26H,13-14,16-19H2,1H3,(H2,29,30,32);(H,6,7). The third-order valence-corrected chi connectivity index (χ3v) is 9.02. The van der Waals surface area contributed by atoms with Crippen LogP contribution in [0.4, 0.5) is 23.7 Å². The molecule has 5 rings (SSSR count). The van der Waals surface area contributed by atoms with Crippen LogP contribution in [0, 0.1) is 0 Å². The molecule has 2 amide bonds. The summed E-state index contributed by atoms with van der Waals surface area (Å²) in [7, 11) is -3.52. The summed E-state index contributed by atoms with van der Waals surface area (Å²) in [5.41, 5.74) is 4.87. The lowest BCUT2D eigenvalue weighted by molar-refractivity contribution is -0.943. The largest absolute Gasteiger partial charge is 0.542 e. The molecule has 3 unspecified atom stereocenters. The van der Waals surface area contributed by atoms with Crippen LogP contribution in [0.3, 0.4) is 0 Å². The van der Waals surface area contributed by atoms with Crippen molar-refractivity contribution in [3.8, 4) is 0 Å². The molecule has 3 aromatic rings. The maximum atomic E-state index is 13.1. The van der Waals surface area contributed by atoms with Crippen LogP contribution in [-0.2, 0) is 38.2 Å². The fraction of sp³-hybridized carbons (Fsp3) is 0.333. The van der Waals surface area contributed by atoms with E-state index in [-0.39, 0.29) is 22.7 Å². The van der Waals surface area contributed by atoms with Gasteiger partial charge in [0.25, 0.3) is 0 Å². The molecule has 3 aromatic carbocycles. The Morgan fingerprint density at radius 1 is 1.02 bits per heavy atom. The smallest absolute Gasteiger partial charge is 0.430 e. The third kappa shape index (κ3) is 8.78. The Morgan fingerprint density at radius 3 is 2.28 bits per heavy atom. The Balaban J connectivity index is 0.000000541. The van der Waals surface area contributed by atoms with Crippen LogP contribution in [0.15, 0.2) is 77.7 Å². The van der Waals surface area contributed by atoms with Crippen molar-refractivity contribution in [2.24, 2.45) is 0 Å². The molecule has 0 radical (unpaired) electrons. The van der Waals surface area contributed by atoms with Crippen LogP contribution in [0.2, 0.25) is 0 Å². The van der Waals surface area contributed by atoms with E-state index in [9.17, 15) is 26.4 Å². The SMILES string of the molecule is CC(NC(=O)Nc1ccc(S(=O)(=O)Cc2ccc3c(c2)C[NH+](C2CCOC2)C3)cc1)c1ccccc1.O=C([O-])C(F)(F)F. The van der Waals surface area contributed by atoms with E-state index < -0.39 is 22.0 Å². The lowest BCUT2D eigenvalue weighted by atomic mass is 10.1. The van der Waals surface area contributed by atoms with Gasteiger partial charge in [-0.25, -0.2) is 13.2 Å². The molecule has 0 spiro atoms. The van der Waals surface area contributed by atoms with Gasteiger partial charge in [-0.05, 0) is 48.4 Å². The second kappa shape index (κ2) is 13.6. The number of fused-ring (bicyclic) bond motifs is 1. The number of benzene rings is 3. The zero-order valence-electron chi connectivity index (χ0n) is 23.3. The van der Waals surface area contributed by atoms with Gasteiger partial charge in [-0.3, -0.25) is 0 Å². The molecule has 0 aliphatic carbocycles. The number of carboxylic acid groups (broad SMARTS) is 1. The second-order valence-corrected chi connectivity index (χ2v) is 12.5. The molecule has 2 aliphatic heterocycles. The average molecular weight is 620 g/mol. The summed E-state index contributed by atoms with van der Waals surface area (Å²) < 4.78 is 63.3. The summed E-state index contributed by atoms with van der Waals surface area (Å²) in [6, 6.07) is 22.1. The first kappa shape index (κ1) is 32.0. The Labute approximate surface area is 247 Å². The van der Waals surface area contributed by atoms with Crippen molar-refractivity contribution in [1.82, 2.24) is 5.32 Å². The summed E-state index contributed by atoms with van der Waals surface area (Å²) >= 11 is 0. The third-order valence-electron chi connectivity index (χ3n) is 7.32. The molecule has 0 aromatic heterocycles. The van der Waals surface area contributed by atoms with Crippen molar-refractivity contribution >= 4 is 27.5 Å². The number of alkyl halides is 3. The quantitative estimate of drug-likeness (QED) is 0.373. The number of ether oxygens (including phenoxy) is 1. The Hall–Kier alpha value is -3.94. The number of carbonyl (C=O) groups is 2. The summed E-state index contributed by atoms with van der Waals surface area (Å²) in [4.78, 5) is 22.9. The summed E-state index contributed by atoms with van der Waals surface area (Å²) in [6.45, 7) is 5.44. The highest BCUT2D eigenvalue weighted by molar-refractivity contribution is 7.90. The molecule has 0 bridgehead atoms. The predicted molar refractivity (Wildman–Crippen MR) is 149 cm³/mol. The van der Waals surface area contributed by atoms with Gasteiger partial charge in [-0.1, -0.05) is 42.5 Å². The van der Waals surface area contributed by atoms with Crippen LogP contribution >= 0.6 is 0 Å². The molecule has 3 N–H and O–H groups in total. The van der Waals surface area contributed by atoms with Crippen molar-refractivity contribution in [3.05, 3.63) is 95.1 Å². The van der Waals surface area contributed by atoms with Crippen LogP contribution in [-0.4, -0.2) is 45.9 Å². The van der Waals surface area contributed by atoms with Crippen LogP contribution in [0.25, 0.3) is 0 Å². The highest BCUT2D eigenvalue weighted by Crippen LogP contribution is 2.22. The lowest BCUT2D eigenvalue weighted by Crippen LogP contribution is -3.12. The predicted octanol–water partition coefficient (Wildman–Crippen LogP) is 2.53. The molecule has 2 heterocycles. The Morgan fingerprint density at radius 2 is 1.67 bits per heavy atom. The Kier molecular flexibility index (Phi) is 10.1. The van der Waals surface area contributed by atoms with Crippen LogP contribution < -0.4 is 20.6 Å². The number of sulfone groups is 1. The fourth-order valence-corrected chi connectivity index (χ4v) is 6.38. The van der Waals surface area contributed by atoms with Crippen molar-refractivity contribution in [1.29, 1.82) is 0 Å². The highest BCUT2D eigenvalue weighted by atomic mass is 32.2. The maximum Gasteiger partial charge on any atom is 0.430 e. The van der Waals surface area contributed by atoms with Gasteiger partial charge in [0.1, 0.15) is 25.1 Å². The van der Waals surface area contributed by atoms with E-state index in [1.54, 1.807) is 24.3 Å². The number of carbonyl (C=O) groups excluding carboxylic acids is 2. The van der Waals surface area contributed by atoms with Gasteiger partial charge in [0, 0.05) is 23.2 Å². The summed E-state index contributed by atoms with van der Waals surface area (Å²) in [5.74, 6) is -3.06. The first-order valence-electron chi connectivity index (χ1n) is 13.6. The number of halogens is 3. The van der Waals surface area contributed by atoms with E-state index in [0.717, 1.165) is 43.9 Å². The number of hydrogen-bond acceptors (Lipinski definition) is 6. The topological polar surface area (TPSA) is 129 Å². The summed E-state index contributed by atoms with van der Waals surface area (Å²) in [6.07, 6.45) is -4.11. The van der Waals surface area contributed by atoms with Crippen LogP contribution in [0.1, 0.15) is 41.6 Å². The van der Waals surface area contributed by atoms with Crippen LogP contribution in [0.5, 0.6) is 0 Å². The van der Waals surface area contributed by atoms with Gasteiger partial charge in [0.2, 0.25) is 0 Å². The number of nitrogens with one attached hydrogen (secondary N) is 3. The molecule has 2 aliphatic rings. The minimum absolute atomic E-state index is 0.0516. The number of quaternary nitrogens is 1. The molecule has 43 heavy (non-hydrogen) atoms. The second-order valence-electron chi connectivity index (χ2n) is 10.5. The number of anilines is 1. The molecular formula is C30H32F3N3O6S. The normalized spacial score (nSPS) is 18.6. The zero-order chi connectivity index (χ0) is 31.2. The summed E-state index contributed by atoms with van der Waals surface area (Å²) in [5, 5.41) is 14.4. The lowest BCUT2D eigenvalue weighted by Gasteiger charge is -2.18. The number of aliphatic carboxylic acids is 1.